The lowest BCUT2D eigenvalue weighted by Crippen LogP contribution is -2.70. The first-order chi connectivity index (χ1) is 29.7. The van der Waals surface area contributed by atoms with Crippen LogP contribution in [0.1, 0.15) is 63.2 Å². The number of methoxy groups -OCH3 is 1. The molecule has 2 fully saturated rings. The average Bonchev–Trinajstić information content (AvgIpc) is 3.73. The zero-order valence-electron chi connectivity index (χ0n) is 33.9. The molecule has 5 aliphatic rings. The van der Waals surface area contributed by atoms with Gasteiger partial charge in [0.2, 0.25) is 6.79 Å². The molecular formula is C44H41F3N4O10S. The zero-order chi connectivity index (χ0) is 44.2. The zero-order valence-corrected chi connectivity index (χ0v) is 34.8. The van der Waals surface area contributed by atoms with E-state index in [1.165, 1.54) is 20.1 Å². The Bertz CT molecular complexity index is 2440. The van der Waals surface area contributed by atoms with Gasteiger partial charge in [-0.3, -0.25) is 19.4 Å². The number of cyclic esters (lactones) is 1. The Morgan fingerprint density at radius 1 is 1.05 bits per heavy atom. The molecule has 4 bridgehead atoms. The number of amides is 1. The SMILES string of the molecule is C=CCN1[C@@H]2Cc3cc(C)c(OC)c(OC(=O)/C=C/c4ccccc4)c3[C@@H]1[C@@H]1[C@@H]3SCC(NC(=O)C(F)(F)F)C(=O)OC[C@@H](c4c5c(c(C)c(OC(C)=O)c43)OCO5)N1[C@H]2C#N. The number of piperazine rings is 1. The molecule has 0 radical (unpaired) electrons. The Balaban J connectivity index is 1.39. The van der Waals surface area contributed by atoms with Gasteiger partial charge in [0.15, 0.2) is 23.0 Å². The molecule has 14 nitrogen and oxygen atoms in total. The summed E-state index contributed by atoms with van der Waals surface area (Å²) < 4.78 is 77.0. The minimum Gasteiger partial charge on any atom is -0.493 e. The Kier molecular flexibility index (Phi) is 11.5. The molecule has 5 heterocycles. The number of benzene rings is 3. The quantitative estimate of drug-likeness (QED) is 0.126. The third-order valence-electron chi connectivity index (χ3n) is 11.8. The van der Waals surface area contributed by atoms with Crippen molar-refractivity contribution in [1.29, 1.82) is 5.26 Å². The number of halogens is 3. The van der Waals surface area contributed by atoms with E-state index in [9.17, 15) is 37.6 Å². The van der Waals surface area contributed by atoms with Gasteiger partial charge in [0.1, 0.15) is 24.4 Å². The first kappa shape index (κ1) is 42.7. The number of nitriles is 1. The number of nitrogens with zero attached hydrogens (tertiary/aromatic N) is 3. The van der Waals surface area contributed by atoms with Gasteiger partial charge >= 0.3 is 30.0 Å². The molecule has 0 aromatic heterocycles. The van der Waals surface area contributed by atoms with Crippen molar-refractivity contribution >= 4 is 41.7 Å². The number of hydrogen-bond acceptors (Lipinski definition) is 14. The minimum absolute atomic E-state index is 0.0998. The molecule has 8 rings (SSSR count). The van der Waals surface area contributed by atoms with Crippen LogP contribution in [-0.4, -0.2) is 96.8 Å². The van der Waals surface area contributed by atoms with Crippen LogP contribution in [-0.2, 0) is 30.3 Å². The minimum atomic E-state index is -5.31. The van der Waals surface area contributed by atoms with Crippen molar-refractivity contribution in [3.8, 4) is 34.8 Å². The summed E-state index contributed by atoms with van der Waals surface area (Å²) in [6, 6.07) is 7.69. The molecule has 0 aliphatic carbocycles. The molecule has 3 aromatic rings. The summed E-state index contributed by atoms with van der Waals surface area (Å²) in [4.78, 5) is 56.8. The second kappa shape index (κ2) is 16.7. The van der Waals surface area contributed by atoms with Gasteiger partial charge in [0, 0.05) is 59.6 Å². The van der Waals surface area contributed by atoms with Crippen LogP contribution in [0.25, 0.3) is 6.08 Å². The second-order valence-corrected chi connectivity index (χ2v) is 16.5. The molecule has 3 aromatic carbocycles. The summed E-state index contributed by atoms with van der Waals surface area (Å²) in [5.41, 5.74) is 3.94. The maximum absolute atomic E-state index is 13.8. The molecule has 324 valence electrons. The number of rotatable bonds is 8. The predicted octanol–water partition coefficient (Wildman–Crippen LogP) is 5.75. The van der Waals surface area contributed by atoms with Crippen molar-refractivity contribution in [3.05, 3.63) is 94.1 Å². The van der Waals surface area contributed by atoms with E-state index in [-0.39, 0.29) is 42.1 Å². The summed E-state index contributed by atoms with van der Waals surface area (Å²) in [6.07, 6.45) is -0.414. The van der Waals surface area contributed by atoms with Crippen LogP contribution in [0.2, 0.25) is 0 Å². The van der Waals surface area contributed by atoms with Crippen LogP contribution in [0, 0.1) is 25.2 Å². The third kappa shape index (κ3) is 7.31. The van der Waals surface area contributed by atoms with Gasteiger partial charge < -0.3 is 33.7 Å². The van der Waals surface area contributed by atoms with Gasteiger partial charge in [-0.25, -0.2) is 9.59 Å². The largest absolute Gasteiger partial charge is 0.493 e. The molecule has 7 atom stereocenters. The molecule has 1 N–H and O–H groups in total. The number of thioether (sulfide) groups is 1. The highest BCUT2D eigenvalue weighted by Crippen LogP contribution is 2.64. The number of carbonyl (C=O) groups is 4. The average molecular weight is 875 g/mol. The van der Waals surface area contributed by atoms with Crippen molar-refractivity contribution in [2.75, 3.05) is 32.8 Å². The molecule has 1 unspecified atom stereocenters. The van der Waals surface area contributed by atoms with Crippen LogP contribution < -0.4 is 29.0 Å². The number of ether oxygens (including phenoxy) is 6. The molecule has 62 heavy (non-hydrogen) atoms. The van der Waals surface area contributed by atoms with E-state index >= 15 is 0 Å². The van der Waals surface area contributed by atoms with E-state index < -0.39 is 83.9 Å². The second-order valence-electron chi connectivity index (χ2n) is 15.4. The van der Waals surface area contributed by atoms with Crippen LogP contribution in [0.5, 0.6) is 28.7 Å². The van der Waals surface area contributed by atoms with Gasteiger partial charge in [-0.05, 0) is 43.0 Å². The fourth-order valence-corrected chi connectivity index (χ4v) is 11.0. The summed E-state index contributed by atoms with van der Waals surface area (Å²) in [6.45, 7) is 8.26. The van der Waals surface area contributed by atoms with Gasteiger partial charge in [0.25, 0.3) is 0 Å². The van der Waals surface area contributed by atoms with E-state index in [4.69, 9.17) is 28.4 Å². The van der Waals surface area contributed by atoms with Crippen molar-refractivity contribution < 1.29 is 60.8 Å². The number of aryl methyl sites for hydroxylation is 1. The molecule has 5 aliphatic heterocycles. The molecular weight excluding hydrogens is 834 g/mol. The number of esters is 3. The van der Waals surface area contributed by atoms with Crippen molar-refractivity contribution in [2.45, 2.75) is 74.9 Å². The summed E-state index contributed by atoms with van der Waals surface area (Å²) in [5, 5.41) is 12.1. The number of carbonyl (C=O) groups excluding carboxylic acids is 4. The standard InChI is InChI=1S/C44H41F3N4O10S/c1-6-14-50-27-16-25-15-21(2)36(56-5)40(61-30(53)13-12-24-10-8-7-9-11-24)31(25)34(50)35-41-33-32(39-38(58-20-59-39)22(3)37(33)60-23(4)52)29(51(35)28(27)17-48)18-57-42(54)26(19-62-41)49-43(55)44(45,46)47/h6-13,15,26-29,34-35,41H,1,14,16,18-20H2,2-5H3,(H,49,55)/b13-12+/t26?,27-,28+,29+,34-,35-,41-/m1/s1. The van der Waals surface area contributed by atoms with Crippen LogP contribution >= 0.6 is 11.8 Å². The molecule has 18 heteroatoms. The predicted molar refractivity (Wildman–Crippen MR) is 217 cm³/mol. The Morgan fingerprint density at radius 2 is 1.79 bits per heavy atom. The Morgan fingerprint density at radius 3 is 2.47 bits per heavy atom. The van der Waals surface area contributed by atoms with Crippen LogP contribution in [0.3, 0.4) is 0 Å². The maximum atomic E-state index is 13.8. The van der Waals surface area contributed by atoms with E-state index in [1.807, 2.05) is 48.2 Å². The van der Waals surface area contributed by atoms with Gasteiger partial charge in [-0.1, -0.05) is 42.5 Å². The third-order valence-corrected chi connectivity index (χ3v) is 13.2. The van der Waals surface area contributed by atoms with Crippen LogP contribution in [0.15, 0.2) is 55.1 Å². The molecule has 1 amide bonds. The molecule has 0 spiro atoms. The highest BCUT2D eigenvalue weighted by molar-refractivity contribution is 7.99. The summed E-state index contributed by atoms with van der Waals surface area (Å²) in [5.74, 6) is -4.24. The fourth-order valence-electron chi connectivity index (χ4n) is 9.50. The molecule has 2 saturated heterocycles. The number of alkyl halides is 3. The molecule has 0 saturated carbocycles. The normalized spacial score (nSPS) is 25.1. The van der Waals surface area contributed by atoms with Gasteiger partial charge in [-0.15, -0.1) is 18.3 Å². The van der Waals surface area contributed by atoms with Crippen molar-refractivity contribution in [1.82, 2.24) is 15.1 Å². The highest BCUT2D eigenvalue weighted by Gasteiger charge is 2.61. The van der Waals surface area contributed by atoms with Gasteiger partial charge in [0.05, 0.1) is 30.5 Å². The van der Waals surface area contributed by atoms with E-state index in [2.05, 4.69) is 17.5 Å². The van der Waals surface area contributed by atoms with E-state index in [1.54, 1.807) is 24.4 Å². The highest BCUT2D eigenvalue weighted by atomic mass is 32.2. The first-order valence-electron chi connectivity index (χ1n) is 19.7. The lowest BCUT2D eigenvalue weighted by Gasteiger charge is -2.62. The smallest absolute Gasteiger partial charge is 0.471 e. The maximum Gasteiger partial charge on any atom is 0.471 e. The summed E-state index contributed by atoms with van der Waals surface area (Å²) >= 11 is 1.01. The summed E-state index contributed by atoms with van der Waals surface area (Å²) in [7, 11) is 1.45. The van der Waals surface area contributed by atoms with Crippen LogP contribution in [0.4, 0.5) is 13.2 Å². The number of hydrogen-bond donors (Lipinski definition) is 1. The lowest BCUT2D eigenvalue weighted by atomic mass is 9.71. The van der Waals surface area contributed by atoms with Crippen molar-refractivity contribution in [3.63, 3.8) is 0 Å². The Hall–Kier alpha value is -6.03. The van der Waals surface area contributed by atoms with E-state index in [0.717, 1.165) is 22.9 Å². The van der Waals surface area contributed by atoms with Crippen molar-refractivity contribution in [2.24, 2.45) is 0 Å². The lowest BCUT2D eigenvalue weighted by molar-refractivity contribution is -0.176. The van der Waals surface area contributed by atoms with E-state index in [0.29, 0.717) is 34.2 Å². The number of nitrogens with one attached hydrogen (secondary N) is 1. The first-order valence-corrected chi connectivity index (χ1v) is 20.7. The topological polar surface area (TPSA) is 166 Å². The van der Waals surface area contributed by atoms with Gasteiger partial charge in [-0.2, -0.15) is 18.4 Å². The Labute approximate surface area is 358 Å². The monoisotopic (exact) mass is 874 g/mol. The fraction of sp³-hybridized carbons (Fsp3) is 0.386. The number of fused-ring (bicyclic) bond motifs is 9.